The van der Waals surface area contributed by atoms with E-state index in [4.69, 9.17) is 32.7 Å². The Balaban J connectivity index is 2.11. The van der Waals surface area contributed by atoms with Crippen molar-refractivity contribution in [1.82, 2.24) is 5.32 Å². The summed E-state index contributed by atoms with van der Waals surface area (Å²) >= 11 is 12.6. The molecule has 0 amide bonds. The molecule has 0 heterocycles. The molecule has 25 heavy (non-hydrogen) atoms. The van der Waals surface area contributed by atoms with Gasteiger partial charge in [-0.05, 0) is 37.6 Å². The smallest absolute Gasteiger partial charge is 0.163 e. The Hall–Kier alpha value is -1.42. The molecule has 0 unspecified atom stereocenters. The fourth-order valence-electron chi connectivity index (χ4n) is 2.39. The molecular formula is C20H25Cl2NO2. The van der Waals surface area contributed by atoms with Crippen molar-refractivity contribution >= 4 is 23.2 Å². The highest BCUT2D eigenvalue weighted by molar-refractivity contribution is 6.31. The maximum Gasteiger partial charge on any atom is 0.163 e. The van der Waals surface area contributed by atoms with Gasteiger partial charge in [0, 0.05) is 28.2 Å². The van der Waals surface area contributed by atoms with E-state index in [1.807, 2.05) is 43.3 Å². The van der Waals surface area contributed by atoms with Crippen molar-refractivity contribution in [3.8, 4) is 11.5 Å². The number of nitrogens with one attached hydrogen (secondary N) is 1. The van der Waals surface area contributed by atoms with Crippen LogP contribution >= 0.6 is 23.2 Å². The van der Waals surface area contributed by atoms with Gasteiger partial charge in [0.05, 0.1) is 6.61 Å². The van der Waals surface area contributed by atoms with Crippen LogP contribution in [0.15, 0.2) is 36.4 Å². The van der Waals surface area contributed by atoms with E-state index in [-0.39, 0.29) is 0 Å². The Bertz CT molecular complexity index is 677. The lowest BCUT2D eigenvalue weighted by molar-refractivity contribution is 0.269. The summed E-state index contributed by atoms with van der Waals surface area (Å²) in [5, 5.41) is 4.75. The summed E-state index contributed by atoms with van der Waals surface area (Å²) in [5.41, 5.74) is 1.93. The van der Waals surface area contributed by atoms with Gasteiger partial charge in [-0.25, -0.2) is 0 Å². The van der Waals surface area contributed by atoms with Crippen LogP contribution in [0.1, 0.15) is 37.8 Å². The van der Waals surface area contributed by atoms with E-state index < -0.39 is 0 Å². The second kappa shape index (κ2) is 10.5. The van der Waals surface area contributed by atoms with Gasteiger partial charge >= 0.3 is 0 Å². The highest BCUT2D eigenvalue weighted by Gasteiger charge is 2.12. The predicted octanol–water partition coefficient (Wildman–Crippen LogP) is 5.86. The first-order valence-electron chi connectivity index (χ1n) is 8.67. The van der Waals surface area contributed by atoms with Crippen LogP contribution in [-0.2, 0) is 13.2 Å². The minimum absolute atomic E-state index is 0.365. The molecule has 0 radical (unpaired) electrons. The Labute approximate surface area is 160 Å². The summed E-state index contributed by atoms with van der Waals surface area (Å²) in [6.45, 7) is 6.74. The molecule has 0 atom stereocenters. The highest BCUT2D eigenvalue weighted by atomic mass is 35.5. The van der Waals surface area contributed by atoms with Crippen LogP contribution in [-0.4, -0.2) is 13.2 Å². The molecule has 2 aromatic carbocycles. The van der Waals surface area contributed by atoms with E-state index in [1.165, 1.54) is 6.42 Å². The van der Waals surface area contributed by atoms with Crippen LogP contribution in [0.25, 0.3) is 0 Å². The molecular weight excluding hydrogens is 357 g/mol. The molecule has 0 spiro atoms. The fraction of sp³-hybridized carbons (Fsp3) is 0.400. The average Bonchev–Trinajstić information content (AvgIpc) is 2.61. The average molecular weight is 382 g/mol. The van der Waals surface area contributed by atoms with Gasteiger partial charge in [-0.15, -0.1) is 0 Å². The van der Waals surface area contributed by atoms with Crippen LogP contribution < -0.4 is 14.8 Å². The maximum absolute atomic E-state index is 6.43. The third kappa shape index (κ3) is 6.10. The van der Waals surface area contributed by atoms with Crippen molar-refractivity contribution in [2.24, 2.45) is 0 Å². The molecule has 2 rings (SSSR count). The zero-order valence-corrected chi connectivity index (χ0v) is 16.3. The van der Waals surface area contributed by atoms with Crippen LogP contribution in [0.4, 0.5) is 0 Å². The summed E-state index contributed by atoms with van der Waals surface area (Å²) in [4.78, 5) is 0. The molecule has 5 heteroatoms. The van der Waals surface area contributed by atoms with E-state index in [1.54, 1.807) is 0 Å². The van der Waals surface area contributed by atoms with Gasteiger partial charge in [0.1, 0.15) is 6.61 Å². The second-order valence-corrected chi connectivity index (χ2v) is 6.55. The minimum atomic E-state index is 0.365. The molecule has 0 aliphatic heterocycles. The number of unbranched alkanes of at least 4 members (excludes halogenated alkanes) is 1. The Kier molecular flexibility index (Phi) is 8.39. The quantitative estimate of drug-likeness (QED) is 0.522. The number of ether oxygens (including phenoxy) is 2. The van der Waals surface area contributed by atoms with Crippen molar-refractivity contribution in [1.29, 1.82) is 0 Å². The molecule has 0 saturated carbocycles. The monoisotopic (exact) mass is 381 g/mol. The Morgan fingerprint density at radius 2 is 1.68 bits per heavy atom. The third-order valence-corrected chi connectivity index (χ3v) is 4.50. The predicted molar refractivity (Wildman–Crippen MR) is 105 cm³/mol. The summed E-state index contributed by atoms with van der Waals surface area (Å²) in [6.07, 6.45) is 2.31. The molecule has 0 aliphatic rings. The van der Waals surface area contributed by atoms with E-state index >= 15 is 0 Å². The second-order valence-electron chi connectivity index (χ2n) is 5.73. The fourth-order valence-corrected chi connectivity index (χ4v) is 2.80. The Morgan fingerprint density at radius 1 is 0.920 bits per heavy atom. The van der Waals surface area contributed by atoms with Crippen molar-refractivity contribution < 1.29 is 9.47 Å². The zero-order valence-electron chi connectivity index (χ0n) is 14.8. The first-order valence-corrected chi connectivity index (χ1v) is 9.43. The van der Waals surface area contributed by atoms with E-state index in [9.17, 15) is 0 Å². The van der Waals surface area contributed by atoms with E-state index in [0.29, 0.717) is 41.3 Å². The van der Waals surface area contributed by atoms with Gasteiger partial charge in [-0.3, -0.25) is 0 Å². The van der Waals surface area contributed by atoms with Crippen LogP contribution in [0, 0.1) is 0 Å². The summed E-state index contributed by atoms with van der Waals surface area (Å²) in [7, 11) is 0. The normalized spacial score (nSPS) is 10.7. The first-order chi connectivity index (χ1) is 12.2. The standard InChI is InChI=1S/C20H25Cl2NO2/c1-3-5-10-23-13-16-11-19(24-4-2)20(12-18(16)22)25-14-15-8-6-7-9-17(15)21/h6-9,11-12,23H,3-5,10,13-14H2,1-2H3. The summed E-state index contributed by atoms with van der Waals surface area (Å²) < 4.78 is 11.7. The number of hydrogen-bond acceptors (Lipinski definition) is 3. The third-order valence-electron chi connectivity index (χ3n) is 3.78. The van der Waals surface area contributed by atoms with Gasteiger partial charge in [-0.2, -0.15) is 0 Å². The molecule has 1 N–H and O–H groups in total. The molecule has 0 aliphatic carbocycles. The van der Waals surface area contributed by atoms with Crippen LogP contribution in [0.5, 0.6) is 11.5 Å². The number of benzene rings is 2. The largest absolute Gasteiger partial charge is 0.490 e. The SMILES string of the molecule is CCCCNCc1cc(OCC)c(OCc2ccccc2Cl)cc1Cl. The van der Waals surface area contributed by atoms with E-state index in [0.717, 1.165) is 24.1 Å². The van der Waals surface area contributed by atoms with Crippen molar-refractivity contribution in [3.05, 3.63) is 57.6 Å². The molecule has 0 aromatic heterocycles. The molecule has 136 valence electrons. The van der Waals surface area contributed by atoms with E-state index in [2.05, 4.69) is 12.2 Å². The number of hydrogen-bond donors (Lipinski definition) is 1. The molecule has 0 bridgehead atoms. The molecule has 0 fully saturated rings. The number of halogens is 2. The highest BCUT2D eigenvalue weighted by Crippen LogP contribution is 2.34. The van der Waals surface area contributed by atoms with Crippen LogP contribution in [0.3, 0.4) is 0 Å². The van der Waals surface area contributed by atoms with Gasteiger partial charge < -0.3 is 14.8 Å². The number of rotatable bonds is 10. The van der Waals surface area contributed by atoms with Crippen LogP contribution in [0.2, 0.25) is 10.0 Å². The molecule has 2 aromatic rings. The van der Waals surface area contributed by atoms with Gasteiger partial charge in [0.15, 0.2) is 11.5 Å². The van der Waals surface area contributed by atoms with Gasteiger partial charge in [0.2, 0.25) is 0 Å². The minimum Gasteiger partial charge on any atom is -0.490 e. The van der Waals surface area contributed by atoms with Crippen molar-refractivity contribution in [3.63, 3.8) is 0 Å². The first kappa shape index (κ1) is 19.9. The van der Waals surface area contributed by atoms with Gasteiger partial charge in [-0.1, -0.05) is 54.7 Å². The topological polar surface area (TPSA) is 30.5 Å². The summed E-state index contributed by atoms with van der Waals surface area (Å²) in [5.74, 6) is 1.33. The van der Waals surface area contributed by atoms with Gasteiger partial charge in [0.25, 0.3) is 0 Å². The van der Waals surface area contributed by atoms with Crippen molar-refractivity contribution in [2.45, 2.75) is 39.8 Å². The maximum atomic E-state index is 6.43. The zero-order chi connectivity index (χ0) is 18.1. The lowest BCUT2D eigenvalue weighted by atomic mass is 10.2. The molecule has 0 saturated heterocycles. The molecule has 3 nitrogen and oxygen atoms in total. The Morgan fingerprint density at radius 3 is 2.40 bits per heavy atom. The summed E-state index contributed by atoms with van der Waals surface area (Å²) in [6, 6.07) is 11.4. The van der Waals surface area contributed by atoms with Crippen molar-refractivity contribution in [2.75, 3.05) is 13.2 Å². The lowest BCUT2D eigenvalue weighted by Gasteiger charge is -2.15. The lowest BCUT2D eigenvalue weighted by Crippen LogP contribution is -2.15.